The largest absolute Gasteiger partial charge is 0.484 e. The van der Waals surface area contributed by atoms with Crippen molar-refractivity contribution in [3.05, 3.63) is 58.1 Å². The van der Waals surface area contributed by atoms with E-state index in [0.29, 0.717) is 17.4 Å². The number of carbonyl (C=O) groups excluding carboxylic acids is 2. The lowest BCUT2D eigenvalue weighted by Gasteiger charge is -2.13. The first-order valence-electron chi connectivity index (χ1n) is 9.08. The van der Waals surface area contributed by atoms with Gasteiger partial charge in [-0.25, -0.2) is 0 Å². The lowest BCUT2D eigenvalue weighted by Crippen LogP contribution is -2.45. The van der Waals surface area contributed by atoms with E-state index in [1.807, 2.05) is 43.3 Å². The molecule has 2 N–H and O–H groups in total. The van der Waals surface area contributed by atoms with Crippen LogP contribution in [0.15, 0.2) is 46.9 Å². The Morgan fingerprint density at radius 1 is 1.04 bits per heavy atom. The summed E-state index contributed by atoms with van der Waals surface area (Å²) in [5.41, 5.74) is 6.83. The van der Waals surface area contributed by atoms with Gasteiger partial charge in [-0.15, -0.1) is 0 Å². The Bertz CT molecular complexity index is 826. The zero-order valence-corrected chi connectivity index (χ0v) is 17.8. The van der Waals surface area contributed by atoms with Gasteiger partial charge >= 0.3 is 0 Å². The van der Waals surface area contributed by atoms with Crippen LogP contribution in [-0.2, 0) is 9.59 Å². The van der Waals surface area contributed by atoms with E-state index < -0.39 is 11.8 Å². The van der Waals surface area contributed by atoms with E-state index in [4.69, 9.17) is 9.47 Å². The third-order valence-corrected chi connectivity index (χ3v) is 4.82. The van der Waals surface area contributed by atoms with Crippen molar-refractivity contribution in [2.24, 2.45) is 0 Å². The first kappa shape index (κ1) is 21.8. The van der Waals surface area contributed by atoms with Gasteiger partial charge in [0.25, 0.3) is 11.8 Å². The summed E-state index contributed by atoms with van der Waals surface area (Å²) in [6, 6.07) is 13.2. The van der Waals surface area contributed by atoms with Crippen LogP contribution in [-0.4, -0.2) is 25.0 Å². The summed E-state index contributed by atoms with van der Waals surface area (Å²) in [5, 5.41) is 0. The summed E-state index contributed by atoms with van der Waals surface area (Å²) in [7, 11) is 0. The summed E-state index contributed by atoms with van der Waals surface area (Å²) < 4.78 is 11.7. The summed E-state index contributed by atoms with van der Waals surface area (Å²) in [5.74, 6) is 0.674. The quantitative estimate of drug-likeness (QED) is 0.600. The van der Waals surface area contributed by atoms with Gasteiger partial charge in [-0.1, -0.05) is 32.0 Å². The molecule has 2 amide bonds. The first-order chi connectivity index (χ1) is 13.4. The minimum Gasteiger partial charge on any atom is -0.484 e. The Balaban J connectivity index is 1.73. The molecule has 2 aromatic rings. The molecule has 2 rings (SSSR count). The first-order valence-corrected chi connectivity index (χ1v) is 9.87. The average Bonchev–Trinajstić information content (AvgIpc) is 2.69. The lowest BCUT2D eigenvalue weighted by molar-refractivity contribution is -0.131. The van der Waals surface area contributed by atoms with Crippen molar-refractivity contribution >= 4 is 27.7 Å². The van der Waals surface area contributed by atoms with E-state index in [1.165, 1.54) is 5.56 Å². The van der Waals surface area contributed by atoms with Crippen molar-refractivity contribution < 1.29 is 19.1 Å². The van der Waals surface area contributed by atoms with E-state index >= 15 is 0 Å². The number of hydrogen-bond acceptors (Lipinski definition) is 4. The summed E-state index contributed by atoms with van der Waals surface area (Å²) >= 11 is 3.46. The van der Waals surface area contributed by atoms with Gasteiger partial charge in [-0.05, 0) is 70.6 Å². The fourth-order valence-corrected chi connectivity index (χ4v) is 2.90. The highest BCUT2D eigenvalue weighted by Crippen LogP contribution is 2.29. The van der Waals surface area contributed by atoms with Crippen LogP contribution in [0, 0.1) is 6.92 Å². The van der Waals surface area contributed by atoms with E-state index in [2.05, 4.69) is 40.6 Å². The number of amides is 2. The van der Waals surface area contributed by atoms with Gasteiger partial charge in [0.1, 0.15) is 11.5 Å². The number of ether oxygens (including phenoxy) is 2. The number of rotatable bonds is 8. The Labute approximate surface area is 173 Å². The minimum absolute atomic E-state index is 0.201. The maximum Gasteiger partial charge on any atom is 0.276 e. The van der Waals surface area contributed by atoms with Crippen molar-refractivity contribution in [1.29, 1.82) is 0 Å². The van der Waals surface area contributed by atoms with Crippen LogP contribution in [0.25, 0.3) is 0 Å². The molecule has 0 fully saturated rings. The molecule has 2 aromatic carbocycles. The molecule has 150 valence electrons. The fraction of sp³-hybridized carbons (Fsp3) is 0.333. The fourth-order valence-electron chi connectivity index (χ4n) is 2.39. The van der Waals surface area contributed by atoms with Crippen molar-refractivity contribution in [2.45, 2.75) is 33.1 Å². The topological polar surface area (TPSA) is 76.7 Å². The van der Waals surface area contributed by atoms with Gasteiger partial charge in [0.2, 0.25) is 0 Å². The Morgan fingerprint density at radius 3 is 2.32 bits per heavy atom. The number of carbonyl (C=O) groups is 2. The Morgan fingerprint density at radius 2 is 1.71 bits per heavy atom. The third-order valence-electron chi connectivity index (χ3n) is 4.20. The van der Waals surface area contributed by atoms with E-state index in [9.17, 15) is 9.59 Å². The molecule has 6 nitrogen and oxygen atoms in total. The molecule has 0 aliphatic rings. The van der Waals surface area contributed by atoms with E-state index in [-0.39, 0.29) is 13.2 Å². The number of benzene rings is 2. The van der Waals surface area contributed by atoms with Crippen molar-refractivity contribution in [1.82, 2.24) is 10.9 Å². The van der Waals surface area contributed by atoms with E-state index in [0.717, 1.165) is 16.5 Å². The van der Waals surface area contributed by atoms with Gasteiger partial charge in [0.15, 0.2) is 13.2 Å². The highest BCUT2D eigenvalue weighted by molar-refractivity contribution is 9.10. The summed E-state index contributed by atoms with van der Waals surface area (Å²) in [6.07, 6.45) is 1.04. The molecule has 0 aliphatic carbocycles. The van der Waals surface area contributed by atoms with Crippen LogP contribution in [0.1, 0.15) is 37.3 Å². The molecule has 28 heavy (non-hydrogen) atoms. The van der Waals surface area contributed by atoms with Gasteiger partial charge < -0.3 is 9.47 Å². The van der Waals surface area contributed by atoms with Gasteiger partial charge in [-0.2, -0.15) is 0 Å². The number of hydrazine groups is 1. The number of hydrogen-bond donors (Lipinski definition) is 2. The minimum atomic E-state index is -0.471. The number of halogens is 1. The number of aryl methyl sites for hydroxylation is 1. The second-order valence-corrected chi connectivity index (χ2v) is 7.34. The molecule has 1 unspecified atom stereocenters. The molecule has 1 atom stereocenters. The predicted molar refractivity (Wildman–Crippen MR) is 111 cm³/mol. The average molecular weight is 449 g/mol. The smallest absolute Gasteiger partial charge is 0.276 e. The molecule has 0 saturated heterocycles. The predicted octanol–water partition coefficient (Wildman–Crippen LogP) is 3.88. The van der Waals surface area contributed by atoms with Crippen molar-refractivity contribution in [3.8, 4) is 11.5 Å². The third kappa shape index (κ3) is 6.88. The van der Waals surface area contributed by atoms with E-state index in [1.54, 1.807) is 6.07 Å². The standard InChI is InChI=1S/C21H25BrN2O4/c1-4-15(3)16-8-9-19(18(22)11-16)28-13-21(26)24-23-20(25)12-27-17-7-5-6-14(2)10-17/h5-11,15H,4,12-13H2,1-3H3,(H,23,25)(H,24,26). The molecule has 0 bridgehead atoms. The molecular formula is C21H25BrN2O4. The van der Waals surface area contributed by atoms with Crippen molar-refractivity contribution in [2.75, 3.05) is 13.2 Å². The van der Waals surface area contributed by atoms with Gasteiger partial charge in [0, 0.05) is 0 Å². The highest BCUT2D eigenvalue weighted by atomic mass is 79.9. The Hall–Kier alpha value is -2.54. The molecule has 7 heteroatoms. The van der Waals surface area contributed by atoms with Gasteiger partial charge in [-0.3, -0.25) is 20.4 Å². The lowest BCUT2D eigenvalue weighted by atomic mass is 9.99. The zero-order chi connectivity index (χ0) is 20.5. The van der Waals surface area contributed by atoms with Crippen LogP contribution in [0.5, 0.6) is 11.5 Å². The normalized spacial score (nSPS) is 11.4. The molecule has 0 spiro atoms. The molecule has 0 aromatic heterocycles. The van der Waals surface area contributed by atoms with Crippen LogP contribution >= 0.6 is 15.9 Å². The van der Waals surface area contributed by atoms with Crippen LogP contribution < -0.4 is 20.3 Å². The maximum absolute atomic E-state index is 11.9. The maximum atomic E-state index is 11.9. The second-order valence-electron chi connectivity index (χ2n) is 6.49. The van der Waals surface area contributed by atoms with Crippen molar-refractivity contribution in [3.63, 3.8) is 0 Å². The second kappa shape index (κ2) is 10.7. The summed E-state index contributed by atoms with van der Waals surface area (Å²) in [6.45, 7) is 5.80. The molecule has 0 aliphatic heterocycles. The summed E-state index contributed by atoms with van der Waals surface area (Å²) in [4.78, 5) is 23.6. The van der Waals surface area contributed by atoms with Gasteiger partial charge in [0.05, 0.1) is 4.47 Å². The number of nitrogens with one attached hydrogen (secondary N) is 2. The SMILES string of the molecule is CCC(C)c1ccc(OCC(=O)NNC(=O)COc2cccc(C)c2)c(Br)c1. The molecular weight excluding hydrogens is 424 g/mol. The van der Waals surface area contributed by atoms with Crippen LogP contribution in [0.4, 0.5) is 0 Å². The zero-order valence-electron chi connectivity index (χ0n) is 16.3. The molecule has 0 saturated carbocycles. The monoisotopic (exact) mass is 448 g/mol. The Kier molecular flexibility index (Phi) is 8.32. The van der Waals surface area contributed by atoms with Crippen LogP contribution in [0.2, 0.25) is 0 Å². The molecule has 0 radical (unpaired) electrons. The highest BCUT2D eigenvalue weighted by Gasteiger charge is 2.10. The molecule has 0 heterocycles. The van der Waals surface area contributed by atoms with Crippen LogP contribution in [0.3, 0.4) is 0 Å².